The van der Waals surface area contributed by atoms with E-state index >= 15 is 0 Å². The third-order valence-electron chi connectivity index (χ3n) is 4.69. The van der Waals surface area contributed by atoms with Crippen LogP contribution >= 0.6 is 22.6 Å². The van der Waals surface area contributed by atoms with Crippen LogP contribution in [0, 0.1) is 5.92 Å². The summed E-state index contributed by atoms with van der Waals surface area (Å²) in [4.78, 5) is 18.5. The maximum absolute atomic E-state index is 12.3. The van der Waals surface area contributed by atoms with E-state index in [0.29, 0.717) is 22.7 Å². The lowest BCUT2D eigenvalue weighted by molar-refractivity contribution is -0.128. The molecule has 1 rings (SSSR count). The van der Waals surface area contributed by atoms with Gasteiger partial charge in [0.1, 0.15) is 0 Å². The van der Waals surface area contributed by atoms with Crippen LogP contribution < -0.4 is 5.73 Å². The molecular weight excluding hydrogens is 413 g/mol. The smallest absolute Gasteiger partial charge is 0.245 e. The molecule has 4 nitrogen and oxygen atoms in total. The Hall–Kier alpha value is -0.690. The van der Waals surface area contributed by atoms with Crippen LogP contribution in [0.5, 0.6) is 0 Å². The van der Waals surface area contributed by atoms with E-state index in [4.69, 9.17) is 5.73 Å². The number of allylic oxidation sites excluding steroid dienone is 2. The number of nitrogens with zero attached hydrogens (tertiary/aromatic N) is 2. The molecule has 136 valence electrons. The first-order valence-electron chi connectivity index (χ1n) is 9.17. The lowest BCUT2D eigenvalue weighted by atomic mass is 9.86. The Morgan fingerprint density at radius 2 is 1.88 bits per heavy atom. The number of amidine groups is 1. The molecule has 1 atom stereocenters. The summed E-state index contributed by atoms with van der Waals surface area (Å²) in [5.41, 5.74) is 7.07. The molecule has 0 aromatic rings. The van der Waals surface area contributed by atoms with E-state index < -0.39 is 6.04 Å². The van der Waals surface area contributed by atoms with Crippen molar-refractivity contribution in [3.8, 4) is 0 Å². The van der Waals surface area contributed by atoms with E-state index in [2.05, 4.69) is 34.2 Å². The molecule has 0 spiro atoms. The highest BCUT2D eigenvalue weighted by molar-refractivity contribution is 14.1. The third-order valence-corrected chi connectivity index (χ3v) is 5.56. The summed E-state index contributed by atoms with van der Waals surface area (Å²) >= 11 is 2.12. The van der Waals surface area contributed by atoms with Gasteiger partial charge in [-0.2, -0.15) is 0 Å². The maximum Gasteiger partial charge on any atom is 0.245 e. The molecule has 0 saturated heterocycles. The van der Waals surface area contributed by atoms with E-state index in [1.807, 2.05) is 26.1 Å². The average molecular weight is 445 g/mol. The predicted molar refractivity (Wildman–Crippen MR) is 111 cm³/mol. The van der Waals surface area contributed by atoms with Gasteiger partial charge in [0, 0.05) is 35.3 Å². The summed E-state index contributed by atoms with van der Waals surface area (Å²) in [6.45, 7) is 8.41. The highest BCUT2D eigenvalue weighted by Gasteiger charge is 2.21. The molecule has 0 heterocycles. The zero-order valence-electron chi connectivity index (χ0n) is 15.1. The van der Waals surface area contributed by atoms with Gasteiger partial charge in [-0.1, -0.05) is 51.7 Å². The number of aliphatic imine (C=N–C) groups is 1. The van der Waals surface area contributed by atoms with Gasteiger partial charge in [-0.3, -0.25) is 9.69 Å². The van der Waals surface area contributed by atoms with Gasteiger partial charge >= 0.3 is 0 Å². The summed E-state index contributed by atoms with van der Waals surface area (Å²) in [7, 11) is 0. The number of carbonyl (C=O) groups is 1. The second-order valence-corrected chi connectivity index (χ2v) is 7.34. The lowest BCUT2D eigenvalue weighted by Gasteiger charge is -2.22. The maximum atomic E-state index is 12.3. The Bertz CT molecular complexity index is 465. The van der Waals surface area contributed by atoms with Crippen molar-refractivity contribution in [2.24, 2.45) is 16.6 Å². The van der Waals surface area contributed by atoms with Crippen LogP contribution in [0.3, 0.4) is 0 Å². The molecule has 0 aliphatic heterocycles. The monoisotopic (exact) mass is 445 g/mol. The molecule has 1 saturated carbocycles. The zero-order chi connectivity index (χ0) is 17.9. The molecule has 1 aliphatic carbocycles. The topological polar surface area (TPSA) is 58.7 Å². The van der Waals surface area contributed by atoms with Crippen LogP contribution in [0.4, 0.5) is 0 Å². The Morgan fingerprint density at radius 3 is 2.38 bits per heavy atom. The fraction of sp³-hybridized carbons (Fsp3) is 0.684. The normalized spacial score (nSPS) is 19.3. The minimum Gasteiger partial charge on any atom is -0.320 e. The summed E-state index contributed by atoms with van der Waals surface area (Å²) in [5.74, 6) is 0.479. The van der Waals surface area contributed by atoms with Crippen LogP contribution in [0.1, 0.15) is 65.2 Å². The summed E-state index contributed by atoms with van der Waals surface area (Å²) < 4.78 is 0.675. The van der Waals surface area contributed by atoms with Crippen molar-refractivity contribution in [3.05, 3.63) is 24.4 Å². The minimum atomic E-state index is -0.460. The molecule has 1 fully saturated rings. The molecule has 0 aromatic heterocycles. The van der Waals surface area contributed by atoms with Crippen LogP contribution in [0.15, 0.2) is 29.4 Å². The van der Waals surface area contributed by atoms with E-state index in [9.17, 15) is 4.79 Å². The quantitative estimate of drug-likeness (QED) is 0.210. The van der Waals surface area contributed by atoms with E-state index in [1.165, 1.54) is 50.5 Å². The molecule has 0 aromatic carbocycles. The van der Waals surface area contributed by atoms with Crippen molar-refractivity contribution in [1.29, 1.82) is 0 Å². The van der Waals surface area contributed by atoms with Gasteiger partial charge in [0.25, 0.3) is 0 Å². The average Bonchev–Trinajstić information content (AvgIpc) is 2.56. The largest absolute Gasteiger partial charge is 0.320 e. The van der Waals surface area contributed by atoms with Crippen molar-refractivity contribution < 1.29 is 4.79 Å². The van der Waals surface area contributed by atoms with Crippen molar-refractivity contribution in [2.45, 2.75) is 71.3 Å². The minimum absolute atomic E-state index is 0.0624. The Kier molecular flexibility index (Phi) is 10.5. The van der Waals surface area contributed by atoms with Crippen LogP contribution in [0.25, 0.3) is 0 Å². The first-order valence-corrected chi connectivity index (χ1v) is 10.3. The number of rotatable bonds is 6. The second kappa shape index (κ2) is 11.8. The molecule has 0 radical (unpaired) electrons. The fourth-order valence-corrected chi connectivity index (χ4v) is 3.78. The lowest BCUT2D eigenvalue weighted by Crippen LogP contribution is -2.44. The molecule has 5 heteroatoms. The molecule has 1 unspecified atom stereocenters. The van der Waals surface area contributed by atoms with Gasteiger partial charge in [-0.25, -0.2) is 4.99 Å². The molecule has 2 N–H and O–H groups in total. The second-order valence-electron chi connectivity index (χ2n) is 6.37. The number of hydrogen-bond acceptors (Lipinski definition) is 3. The number of likely N-dealkylation sites (N-methyl/N-ethyl adjacent to an activating group) is 1. The first-order chi connectivity index (χ1) is 11.5. The molecule has 1 amide bonds. The van der Waals surface area contributed by atoms with Crippen molar-refractivity contribution >= 4 is 32.3 Å². The predicted octanol–water partition coefficient (Wildman–Crippen LogP) is 4.79. The summed E-state index contributed by atoms with van der Waals surface area (Å²) in [6, 6.07) is -0.460. The van der Waals surface area contributed by atoms with Gasteiger partial charge in [-0.15, -0.1) is 0 Å². The van der Waals surface area contributed by atoms with Gasteiger partial charge in [-0.05, 0) is 37.7 Å². The molecule has 24 heavy (non-hydrogen) atoms. The van der Waals surface area contributed by atoms with Crippen LogP contribution in [-0.2, 0) is 4.79 Å². The van der Waals surface area contributed by atoms with Gasteiger partial charge in [0.15, 0.2) is 3.84 Å². The number of hydrogen-bond donors (Lipinski definition) is 1. The summed E-state index contributed by atoms with van der Waals surface area (Å²) in [5, 5.41) is 0. The highest BCUT2D eigenvalue weighted by atomic mass is 127. The van der Waals surface area contributed by atoms with Crippen molar-refractivity contribution in [3.63, 3.8) is 0 Å². The standard InChI is InChI=1S/C19H32IN3O/c1-4-15(16-12-10-8-7-9-11-13-16)14-22-19(20)23(6-3)18(24)17(21)5-2/h4,14,16-17H,1,5-13,21H2,2-3H3/b15-14+,22-19?. The van der Waals surface area contributed by atoms with Crippen LogP contribution in [0.2, 0.25) is 0 Å². The molecular formula is C19H32IN3O. The van der Waals surface area contributed by atoms with E-state index in [-0.39, 0.29) is 5.91 Å². The van der Waals surface area contributed by atoms with E-state index in [0.717, 1.165) is 0 Å². The van der Waals surface area contributed by atoms with Crippen LogP contribution in [-0.4, -0.2) is 27.2 Å². The van der Waals surface area contributed by atoms with Gasteiger partial charge < -0.3 is 5.73 Å². The first kappa shape index (κ1) is 21.4. The Balaban J connectivity index is 2.87. The fourth-order valence-electron chi connectivity index (χ4n) is 3.06. The number of halogens is 1. The third kappa shape index (κ3) is 6.67. The van der Waals surface area contributed by atoms with E-state index in [1.54, 1.807) is 4.90 Å². The Morgan fingerprint density at radius 1 is 1.29 bits per heavy atom. The zero-order valence-corrected chi connectivity index (χ0v) is 17.3. The SMILES string of the molecule is C=C/C(=C\N=C(I)N(CC)C(=O)C(N)CC)C1CCCCCCC1. The van der Waals surface area contributed by atoms with Gasteiger partial charge in [0.2, 0.25) is 5.91 Å². The number of amides is 1. The molecule has 0 bridgehead atoms. The van der Waals surface area contributed by atoms with Crippen molar-refractivity contribution in [2.75, 3.05) is 6.54 Å². The number of nitrogens with two attached hydrogens (primary N) is 1. The Labute approximate surface area is 160 Å². The highest BCUT2D eigenvalue weighted by Crippen LogP contribution is 2.28. The van der Waals surface area contributed by atoms with Crippen molar-refractivity contribution in [1.82, 2.24) is 4.90 Å². The number of carbonyl (C=O) groups excluding carboxylic acids is 1. The summed E-state index contributed by atoms with van der Waals surface area (Å²) in [6.07, 6.45) is 13.5. The van der Waals surface area contributed by atoms with Gasteiger partial charge in [0.05, 0.1) is 6.04 Å². The molecule has 1 aliphatic rings.